The summed E-state index contributed by atoms with van der Waals surface area (Å²) in [5, 5.41) is 7.58. The first-order valence-electron chi connectivity index (χ1n) is 7.40. The molecule has 0 saturated heterocycles. The molecule has 0 fully saturated rings. The number of rotatable bonds is 8. The number of hydrogen-bond acceptors (Lipinski definition) is 4. The first-order valence-corrected chi connectivity index (χ1v) is 7.78. The van der Waals surface area contributed by atoms with E-state index in [2.05, 4.69) is 15.3 Å². The van der Waals surface area contributed by atoms with Crippen molar-refractivity contribution in [2.24, 2.45) is 0 Å². The van der Waals surface area contributed by atoms with E-state index >= 15 is 0 Å². The van der Waals surface area contributed by atoms with E-state index in [4.69, 9.17) is 16.3 Å². The Morgan fingerprint density at radius 2 is 2.13 bits per heavy atom. The maximum absolute atomic E-state index is 12.0. The van der Waals surface area contributed by atoms with Gasteiger partial charge in [0, 0.05) is 12.7 Å². The molecule has 2 rings (SSSR count). The summed E-state index contributed by atoms with van der Waals surface area (Å²) in [5.41, 5.74) is 0.373. The minimum atomic E-state index is -0.180. The highest BCUT2D eigenvalue weighted by Crippen LogP contribution is 2.23. The van der Waals surface area contributed by atoms with Crippen LogP contribution in [-0.2, 0) is 6.73 Å². The van der Waals surface area contributed by atoms with Crippen LogP contribution in [0.2, 0.25) is 5.02 Å². The maximum atomic E-state index is 12.0. The number of ether oxygens (including phenoxy) is 1. The van der Waals surface area contributed by atoms with Crippen LogP contribution >= 0.6 is 11.6 Å². The van der Waals surface area contributed by atoms with Gasteiger partial charge in [0.05, 0.1) is 5.02 Å². The van der Waals surface area contributed by atoms with E-state index in [1.54, 1.807) is 29.1 Å². The number of benzene rings is 1. The lowest BCUT2D eigenvalue weighted by Crippen LogP contribution is -2.27. The van der Waals surface area contributed by atoms with Crippen molar-refractivity contribution in [1.29, 1.82) is 0 Å². The van der Waals surface area contributed by atoms with Crippen molar-refractivity contribution in [1.82, 2.24) is 20.0 Å². The third kappa shape index (κ3) is 5.58. The average Bonchev–Trinajstić information content (AvgIpc) is 2.99. The molecule has 124 valence electrons. The van der Waals surface area contributed by atoms with E-state index < -0.39 is 0 Å². The molecule has 1 aromatic carbocycles. The number of nitrogens with one attached hydrogen (secondary N) is 1. The van der Waals surface area contributed by atoms with Crippen molar-refractivity contribution in [2.75, 3.05) is 27.2 Å². The summed E-state index contributed by atoms with van der Waals surface area (Å²) in [7, 11) is 4.00. The Hall–Kier alpha value is -2.05. The fourth-order valence-corrected chi connectivity index (χ4v) is 2.13. The molecule has 23 heavy (non-hydrogen) atoms. The Kier molecular flexibility index (Phi) is 6.43. The van der Waals surface area contributed by atoms with Gasteiger partial charge in [-0.1, -0.05) is 23.7 Å². The first-order chi connectivity index (χ1) is 11.1. The van der Waals surface area contributed by atoms with Gasteiger partial charge in [-0.25, -0.2) is 4.68 Å². The second-order valence-electron chi connectivity index (χ2n) is 5.36. The number of amides is 1. The van der Waals surface area contributed by atoms with Crippen LogP contribution in [0.1, 0.15) is 16.9 Å². The zero-order valence-electron chi connectivity index (χ0n) is 13.3. The quantitative estimate of drug-likeness (QED) is 0.751. The van der Waals surface area contributed by atoms with Crippen LogP contribution < -0.4 is 10.1 Å². The minimum Gasteiger partial charge on any atom is -0.470 e. The van der Waals surface area contributed by atoms with E-state index in [0.717, 1.165) is 13.0 Å². The van der Waals surface area contributed by atoms with Gasteiger partial charge >= 0.3 is 0 Å². The molecule has 1 amide bonds. The lowest BCUT2D eigenvalue weighted by molar-refractivity contribution is 0.0945. The van der Waals surface area contributed by atoms with Crippen molar-refractivity contribution in [3.63, 3.8) is 0 Å². The van der Waals surface area contributed by atoms with Gasteiger partial charge in [0.15, 0.2) is 6.73 Å². The summed E-state index contributed by atoms with van der Waals surface area (Å²) in [6, 6.07) is 8.88. The largest absolute Gasteiger partial charge is 0.470 e. The zero-order valence-corrected chi connectivity index (χ0v) is 14.1. The third-order valence-electron chi connectivity index (χ3n) is 3.13. The Morgan fingerprint density at radius 1 is 1.35 bits per heavy atom. The highest BCUT2D eigenvalue weighted by atomic mass is 35.5. The zero-order chi connectivity index (χ0) is 16.7. The summed E-state index contributed by atoms with van der Waals surface area (Å²) in [6.45, 7) is 1.75. The molecule has 6 nitrogen and oxygen atoms in total. The monoisotopic (exact) mass is 336 g/mol. The predicted octanol–water partition coefficient (Wildman–Crippen LogP) is 2.25. The summed E-state index contributed by atoms with van der Waals surface area (Å²) in [4.78, 5) is 14.0. The number of carbonyl (C=O) groups excluding carboxylic acids is 1. The number of carbonyl (C=O) groups is 1. The van der Waals surface area contributed by atoms with Crippen LogP contribution in [0.4, 0.5) is 0 Å². The van der Waals surface area contributed by atoms with Gasteiger partial charge in [-0.2, -0.15) is 5.10 Å². The van der Waals surface area contributed by atoms with Gasteiger partial charge in [-0.15, -0.1) is 0 Å². The van der Waals surface area contributed by atoms with Gasteiger partial charge in [0.25, 0.3) is 5.91 Å². The van der Waals surface area contributed by atoms with E-state index in [-0.39, 0.29) is 12.6 Å². The van der Waals surface area contributed by atoms with Gasteiger partial charge < -0.3 is 15.0 Å². The molecule has 0 radical (unpaired) electrons. The molecule has 0 aliphatic carbocycles. The number of nitrogens with zero attached hydrogens (tertiary/aromatic N) is 3. The van der Waals surface area contributed by atoms with Crippen LogP contribution in [0.25, 0.3) is 0 Å². The van der Waals surface area contributed by atoms with Crippen molar-refractivity contribution in [3.8, 4) is 5.75 Å². The number of hydrogen-bond donors (Lipinski definition) is 1. The Morgan fingerprint density at radius 3 is 2.87 bits per heavy atom. The SMILES string of the molecule is CN(C)CCCNC(=O)c1ccn(COc2ccccc2Cl)n1. The molecule has 0 saturated carbocycles. The minimum absolute atomic E-state index is 0.180. The van der Waals surface area contributed by atoms with Crippen LogP contribution in [0, 0.1) is 0 Å². The molecule has 0 unspecified atom stereocenters. The molecule has 0 atom stereocenters. The smallest absolute Gasteiger partial charge is 0.271 e. The molecule has 7 heteroatoms. The molecule has 0 spiro atoms. The number of aromatic nitrogens is 2. The first kappa shape index (κ1) is 17.3. The Bertz CT molecular complexity index is 643. The molecular weight excluding hydrogens is 316 g/mol. The van der Waals surface area contributed by atoms with Crippen LogP contribution in [0.15, 0.2) is 36.5 Å². The van der Waals surface area contributed by atoms with E-state index in [9.17, 15) is 4.79 Å². The van der Waals surface area contributed by atoms with Crippen LogP contribution in [0.3, 0.4) is 0 Å². The Balaban J connectivity index is 1.81. The van der Waals surface area contributed by atoms with Crippen molar-refractivity contribution >= 4 is 17.5 Å². The lowest BCUT2D eigenvalue weighted by Gasteiger charge is -2.09. The summed E-state index contributed by atoms with van der Waals surface area (Å²) < 4.78 is 7.13. The summed E-state index contributed by atoms with van der Waals surface area (Å²) in [5.74, 6) is 0.402. The standard InChI is InChI=1S/C16H21ClN4O2/c1-20(2)10-5-9-18-16(22)14-8-11-21(19-14)12-23-15-7-4-3-6-13(15)17/h3-4,6-8,11H,5,9-10,12H2,1-2H3,(H,18,22). The third-order valence-corrected chi connectivity index (χ3v) is 3.44. The molecule has 0 aliphatic rings. The highest BCUT2D eigenvalue weighted by molar-refractivity contribution is 6.32. The van der Waals surface area contributed by atoms with Crippen molar-refractivity contribution in [3.05, 3.63) is 47.2 Å². The predicted molar refractivity (Wildman–Crippen MR) is 89.8 cm³/mol. The number of halogens is 1. The van der Waals surface area contributed by atoms with E-state index in [1.807, 2.05) is 26.2 Å². The van der Waals surface area contributed by atoms with Crippen molar-refractivity contribution < 1.29 is 9.53 Å². The topological polar surface area (TPSA) is 59.4 Å². The number of para-hydroxylation sites is 1. The summed E-state index contributed by atoms with van der Waals surface area (Å²) in [6.07, 6.45) is 2.60. The second-order valence-corrected chi connectivity index (χ2v) is 5.76. The fourth-order valence-electron chi connectivity index (χ4n) is 1.94. The molecular formula is C16H21ClN4O2. The van der Waals surface area contributed by atoms with Crippen LogP contribution in [0.5, 0.6) is 5.75 Å². The van der Waals surface area contributed by atoms with Gasteiger partial charge in [0.2, 0.25) is 0 Å². The molecule has 0 bridgehead atoms. The molecule has 0 aliphatic heterocycles. The van der Waals surface area contributed by atoms with Crippen LogP contribution in [-0.4, -0.2) is 47.8 Å². The highest BCUT2D eigenvalue weighted by Gasteiger charge is 2.09. The molecule has 1 N–H and O–H groups in total. The van der Waals surface area contributed by atoms with Gasteiger partial charge in [-0.3, -0.25) is 4.79 Å². The van der Waals surface area contributed by atoms with Crippen molar-refractivity contribution in [2.45, 2.75) is 13.2 Å². The second kappa shape index (κ2) is 8.55. The Labute approximate surface area is 141 Å². The molecule has 1 aromatic heterocycles. The maximum Gasteiger partial charge on any atom is 0.271 e. The lowest BCUT2D eigenvalue weighted by atomic mass is 10.3. The summed E-state index contributed by atoms with van der Waals surface area (Å²) >= 11 is 6.02. The van der Waals surface area contributed by atoms with Gasteiger partial charge in [0.1, 0.15) is 11.4 Å². The van der Waals surface area contributed by atoms with E-state index in [1.165, 1.54) is 0 Å². The molecule has 2 aromatic rings. The average molecular weight is 337 g/mol. The van der Waals surface area contributed by atoms with E-state index in [0.29, 0.717) is 23.0 Å². The van der Waals surface area contributed by atoms with Gasteiger partial charge in [-0.05, 0) is 45.3 Å². The molecule has 1 heterocycles. The normalized spacial score (nSPS) is 10.8. The fraction of sp³-hybridized carbons (Fsp3) is 0.375.